The van der Waals surface area contributed by atoms with Crippen molar-refractivity contribution in [2.75, 3.05) is 32.8 Å². The van der Waals surface area contributed by atoms with Crippen molar-refractivity contribution in [3.8, 4) is 11.4 Å². The van der Waals surface area contributed by atoms with Crippen LogP contribution in [0.2, 0.25) is 0 Å². The van der Waals surface area contributed by atoms with E-state index in [2.05, 4.69) is 10.3 Å². The summed E-state index contributed by atoms with van der Waals surface area (Å²) in [4.78, 5) is 67.9. The average Bonchev–Trinajstić information content (AvgIpc) is 3.52. The normalized spacial score (nSPS) is 16.6. The number of nitrogens with zero attached hydrogens (tertiary/aromatic N) is 4. The van der Waals surface area contributed by atoms with Gasteiger partial charge < -0.3 is 24.5 Å². The third kappa shape index (κ3) is 10.7. The molecule has 2 amide bonds. The number of benzene rings is 1. The maximum atomic E-state index is 13.8. The molecule has 2 heterocycles. The van der Waals surface area contributed by atoms with Crippen LogP contribution in [0.15, 0.2) is 41.4 Å². The first-order valence-electron chi connectivity index (χ1n) is 15.5. The zero-order chi connectivity index (χ0) is 32.4. The van der Waals surface area contributed by atoms with Gasteiger partial charge in [-0.15, -0.1) is 16.8 Å². The van der Waals surface area contributed by atoms with Gasteiger partial charge in [-0.25, -0.2) is 14.8 Å². The van der Waals surface area contributed by atoms with Crippen LogP contribution >= 0.6 is 11.8 Å². The number of hydrogen-bond donors (Lipinski definition) is 1. The summed E-state index contributed by atoms with van der Waals surface area (Å²) >= 11 is 1.65. The highest BCUT2D eigenvalue weighted by Crippen LogP contribution is 2.34. The average molecular weight is 642 g/mol. The van der Waals surface area contributed by atoms with E-state index in [1.807, 2.05) is 30.3 Å². The fraction of sp³-hybridized carbons (Fsp3) is 0.562. The van der Waals surface area contributed by atoms with E-state index in [9.17, 15) is 19.2 Å². The Labute approximate surface area is 268 Å². The molecular weight excluding hydrogens is 598 g/mol. The lowest BCUT2D eigenvalue weighted by molar-refractivity contribution is -0.158. The molecule has 1 aliphatic heterocycles. The summed E-state index contributed by atoms with van der Waals surface area (Å²) < 4.78 is 10.3. The second kappa shape index (κ2) is 16.0. The number of aromatic nitrogens is 2. The van der Waals surface area contributed by atoms with Gasteiger partial charge in [0.15, 0.2) is 5.82 Å². The molecule has 1 atom stereocenters. The maximum Gasteiger partial charge on any atom is 0.527 e. The van der Waals surface area contributed by atoms with Crippen LogP contribution in [-0.2, 0) is 23.9 Å². The van der Waals surface area contributed by atoms with E-state index in [-0.39, 0.29) is 57.2 Å². The SMILES string of the molecule is CCOC(=O)ON1CCN(C(=O)[C@H](CCC(=O)OC(C)(C)C)NC(=O)c2cc(SC3CCCC3)nc(-c3ccccc3)n2)CC1. The molecule has 13 heteroatoms. The van der Waals surface area contributed by atoms with Crippen LogP contribution in [0.3, 0.4) is 0 Å². The molecule has 1 aliphatic carbocycles. The summed E-state index contributed by atoms with van der Waals surface area (Å²) in [5.74, 6) is -0.917. The number of thioether (sulfide) groups is 1. The molecule has 0 radical (unpaired) electrons. The number of ether oxygens (including phenoxy) is 2. The molecule has 2 aromatic rings. The minimum Gasteiger partial charge on any atom is -0.460 e. The van der Waals surface area contributed by atoms with Crippen molar-refractivity contribution in [3.63, 3.8) is 0 Å². The lowest BCUT2D eigenvalue weighted by atomic mass is 10.1. The Kier molecular flexibility index (Phi) is 12.2. The molecule has 0 spiro atoms. The fourth-order valence-corrected chi connectivity index (χ4v) is 6.34. The van der Waals surface area contributed by atoms with E-state index in [1.54, 1.807) is 50.4 Å². The molecule has 4 rings (SSSR count). The van der Waals surface area contributed by atoms with Gasteiger partial charge in [-0.3, -0.25) is 14.4 Å². The minimum atomic E-state index is -1.01. The summed E-state index contributed by atoms with van der Waals surface area (Å²) in [5.41, 5.74) is 0.241. The van der Waals surface area contributed by atoms with Gasteiger partial charge >= 0.3 is 12.1 Å². The lowest BCUT2D eigenvalue weighted by Crippen LogP contribution is -2.55. The van der Waals surface area contributed by atoms with Gasteiger partial charge in [0, 0.05) is 36.4 Å². The van der Waals surface area contributed by atoms with E-state index < -0.39 is 29.7 Å². The molecule has 2 fully saturated rings. The van der Waals surface area contributed by atoms with Crippen LogP contribution < -0.4 is 5.32 Å². The van der Waals surface area contributed by atoms with E-state index in [4.69, 9.17) is 19.3 Å². The molecule has 12 nitrogen and oxygen atoms in total. The third-order valence-electron chi connectivity index (χ3n) is 7.23. The molecule has 1 saturated heterocycles. The first-order valence-corrected chi connectivity index (χ1v) is 16.4. The zero-order valence-electron chi connectivity index (χ0n) is 26.5. The van der Waals surface area contributed by atoms with E-state index in [0.29, 0.717) is 16.1 Å². The summed E-state index contributed by atoms with van der Waals surface area (Å²) in [6.45, 7) is 8.24. The Morgan fingerprint density at radius 1 is 1.02 bits per heavy atom. The number of hydrogen-bond acceptors (Lipinski definition) is 11. The predicted octanol–water partition coefficient (Wildman–Crippen LogP) is 4.63. The van der Waals surface area contributed by atoms with Crippen molar-refractivity contribution in [1.29, 1.82) is 0 Å². The van der Waals surface area contributed by atoms with Crippen LogP contribution in [0.4, 0.5) is 4.79 Å². The zero-order valence-corrected chi connectivity index (χ0v) is 27.3. The van der Waals surface area contributed by atoms with Gasteiger partial charge in [-0.2, -0.15) is 0 Å². The van der Waals surface area contributed by atoms with Crippen molar-refractivity contribution in [1.82, 2.24) is 25.2 Å². The summed E-state index contributed by atoms with van der Waals surface area (Å²) in [7, 11) is 0. The minimum absolute atomic E-state index is 0.0410. The number of nitrogens with one attached hydrogen (secondary N) is 1. The second-order valence-corrected chi connectivity index (χ2v) is 13.3. The van der Waals surface area contributed by atoms with E-state index in [0.717, 1.165) is 18.4 Å². The standard InChI is InChI=1S/C32H43N5O7S/c1-5-42-31(41)44-37-19-17-36(18-20-37)30(40)24(15-16-27(38)43-32(2,3)4)34-29(39)25-21-26(45-23-13-9-10-14-23)35-28(33-25)22-11-7-6-8-12-22/h6-8,11-12,21,23-24H,5,9-10,13-20H2,1-4H3,(H,34,39)/t24-/m0/s1. The van der Waals surface area contributed by atoms with Gasteiger partial charge in [0.2, 0.25) is 5.91 Å². The third-order valence-corrected chi connectivity index (χ3v) is 8.49. The van der Waals surface area contributed by atoms with Crippen molar-refractivity contribution in [2.24, 2.45) is 0 Å². The van der Waals surface area contributed by atoms with Crippen LogP contribution in [0.25, 0.3) is 11.4 Å². The van der Waals surface area contributed by atoms with E-state index in [1.165, 1.54) is 17.9 Å². The number of carbonyl (C=O) groups is 4. The van der Waals surface area contributed by atoms with Crippen LogP contribution in [-0.4, -0.2) is 93.5 Å². The summed E-state index contributed by atoms with van der Waals surface area (Å²) in [5, 5.41) is 5.42. The van der Waals surface area contributed by atoms with Gasteiger partial charge in [0.1, 0.15) is 22.4 Å². The molecule has 1 N–H and O–H groups in total. The lowest BCUT2D eigenvalue weighted by Gasteiger charge is -2.35. The number of hydroxylamine groups is 2. The molecule has 1 aromatic carbocycles. The summed E-state index contributed by atoms with van der Waals surface area (Å²) in [6, 6.07) is 10.1. The monoisotopic (exact) mass is 641 g/mol. The van der Waals surface area contributed by atoms with Crippen LogP contribution in [0.1, 0.15) is 76.7 Å². The van der Waals surface area contributed by atoms with Gasteiger partial charge in [-0.05, 0) is 47.0 Å². The molecule has 1 aromatic heterocycles. The number of rotatable bonds is 11. The first kappa shape index (κ1) is 34.2. The topological polar surface area (TPSA) is 140 Å². The molecule has 0 unspecified atom stereocenters. The number of piperazine rings is 1. The molecule has 45 heavy (non-hydrogen) atoms. The molecule has 244 valence electrons. The number of carbonyl (C=O) groups excluding carboxylic acids is 4. The van der Waals surface area contributed by atoms with Crippen molar-refractivity contribution in [3.05, 3.63) is 42.1 Å². The second-order valence-electron chi connectivity index (χ2n) is 12.0. The largest absolute Gasteiger partial charge is 0.527 e. The Balaban J connectivity index is 1.52. The molecule has 0 bridgehead atoms. The Hall–Kier alpha value is -3.71. The van der Waals surface area contributed by atoms with E-state index >= 15 is 0 Å². The maximum absolute atomic E-state index is 13.8. The van der Waals surface area contributed by atoms with Crippen LogP contribution in [0, 0.1) is 0 Å². The molecule has 1 saturated carbocycles. The molecule has 2 aliphatic rings. The first-order chi connectivity index (χ1) is 21.5. The Bertz CT molecular complexity index is 1320. The Morgan fingerprint density at radius 3 is 2.36 bits per heavy atom. The highest BCUT2D eigenvalue weighted by molar-refractivity contribution is 7.99. The van der Waals surface area contributed by atoms with Gasteiger partial charge in [-0.1, -0.05) is 43.2 Å². The van der Waals surface area contributed by atoms with Crippen LogP contribution in [0.5, 0.6) is 0 Å². The van der Waals surface area contributed by atoms with Gasteiger partial charge in [0.25, 0.3) is 5.91 Å². The predicted molar refractivity (Wildman–Crippen MR) is 168 cm³/mol. The van der Waals surface area contributed by atoms with Gasteiger partial charge in [0.05, 0.1) is 19.7 Å². The Morgan fingerprint density at radius 2 is 1.71 bits per heavy atom. The van der Waals surface area contributed by atoms with Crippen molar-refractivity contribution >= 4 is 35.7 Å². The van der Waals surface area contributed by atoms with Crippen molar-refractivity contribution in [2.45, 2.75) is 88.1 Å². The van der Waals surface area contributed by atoms with Crippen molar-refractivity contribution < 1.29 is 33.5 Å². The number of amides is 2. The summed E-state index contributed by atoms with van der Waals surface area (Å²) in [6.07, 6.45) is 3.71. The highest BCUT2D eigenvalue weighted by Gasteiger charge is 2.32. The quantitative estimate of drug-likeness (QED) is 0.271. The molecular formula is C32H43N5O7S. The fourth-order valence-electron chi connectivity index (χ4n) is 5.11. The highest BCUT2D eigenvalue weighted by atomic mass is 32.2. The smallest absolute Gasteiger partial charge is 0.460 e. The number of esters is 1.